The van der Waals surface area contributed by atoms with Gasteiger partial charge in [-0.2, -0.15) is 0 Å². The number of primary amides is 1. The fraction of sp³-hybridized carbons (Fsp3) is 0.290. The number of amides is 1. The summed E-state index contributed by atoms with van der Waals surface area (Å²) in [5.74, 6) is -2.99. The van der Waals surface area contributed by atoms with E-state index in [0.29, 0.717) is 22.4 Å². The number of carbonyl (C=O) groups excluding carboxylic acids is 2. The quantitative estimate of drug-likeness (QED) is 0.274. The molecule has 1 fully saturated rings. The van der Waals surface area contributed by atoms with Crippen LogP contribution in [0.25, 0.3) is 11.1 Å². The summed E-state index contributed by atoms with van der Waals surface area (Å²) in [6.45, 7) is 1.84. The number of nitrogens with zero attached hydrogens (tertiary/aromatic N) is 3. The van der Waals surface area contributed by atoms with Gasteiger partial charge < -0.3 is 5.73 Å². The van der Waals surface area contributed by atoms with Crippen LogP contribution in [0.4, 0.5) is 13.2 Å². The molecule has 1 aliphatic rings. The summed E-state index contributed by atoms with van der Waals surface area (Å²) in [6.07, 6.45) is 7.48. The highest BCUT2D eigenvalue weighted by Gasteiger charge is 2.28. The zero-order valence-corrected chi connectivity index (χ0v) is 22.0. The molecule has 1 saturated carbocycles. The van der Waals surface area contributed by atoms with Crippen molar-refractivity contribution in [2.24, 2.45) is 5.73 Å². The van der Waals surface area contributed by atoms with Crippen LogP contribution in [0.2, 0.25) is 0 Å². The topological polar surface area (TPSA) is 90.9 Å². The Kier molecular flexibility index (Phi) is 7.82. The molecule has 4 aromatic rings. The Morgan fingerprint density at radius 2 is 1.77 bits per heavy atom. The second kappa shape index (κ2) is 11.5. The smallest absolute Gasteiger partial charge is 0.251 e. The third kappa shape index (κ3) is 5.83. The van der Waals surface area contributed by atoms with Gasteiger partial charge in [-0.3, -0.25) is 19.1 Å². The molecule has 1 amide bonds. The van der Waals surface area contributed by atoms with Crippen LogP contribution in [-0.2, 0) is 6.42 Å². The van der Waals surface area contributed by atoms with E-state index in [4.69, 9.17) is 5.73 Å². The lowest BCUT2D eigenvalue weighted by atomic mass is 9.87. The number of benzene rings is 2. The minimum atomic E-state index is -0.915. The molecule has 1 atom stereocenters. The molecule has 206 valence electrons. The van der Waals surface area contributed by atoms with Crippen LogP contribution in [-0.4, -0.2) is 26.3 Å². The molecule has 2 heterocycles. The highest BCUT2D eigenvalue weighted by atomic mass is 19.1. The van der Waals surface area contributed by atoms with Crippen molar-refractivity contribution in [3.63, 3.8) is 0 Å². The van der Waals surface area contributed by atoms with Crippen LogP contribution in [0.5, 0.6) is 0 Å². The van der Waals surface area contributed by atoms with Crippen molar-refractivity contribution >= 4 is 11.8 Å². The summed E-state index contributed by atoms with van der Waals surface area (Å²) < 4.78 is 44.1. The molecule has 6 nitrogen and oxygen atoms in total. The van der Waals surface area contributed by atoms with Crippen molar-refractivity contribution in [1.29, 1.82) is 0 Å². The standard InChI is InChI=1S/C31H29F3N4O2/c1-18-17-38(31(37-18)20-5-2-3-6-20)28(39)15-22(11-19-12-23(32)16-24(33)13-19)29-25(7-4-10-36-29)21-8-9-27(34)26(14-21)30(35)40/h4,7-10,12-14,16-17,20,22H,2-3,5-6,11,15H2,1H3,(H2,35,40)/t22-/m1/s1. The van der Waals surface area contributed by atoms with Crippen LogP contribution in [0.1, 0.15) is 81.9 Å². The lowest BCUT2D eigenvalue weighted by molar-refractivity contribution is 0.0886. The van der Waals surface area contributed by atoms with Gasteiger partial charge in [-0.05, 0) is 67.6 Å². The lowest BCUT2D eigenvalue weighted by Gasteiger charge is -2.21. The van der Waals surface area contributed by atoms with Gasteiger partial charge in [0, 0.05) is 42.3 Å². The summed E-state index contributed by atoms with van der Waals surface area (Å²) in [7, 11) is 0. The van der Waals surface area contributed by atoms with Gasteiger partial charge in [0.2, 0.25) is 5.91 Å². The van der Waals surface area contributed by atoms with Crippen LogP contribution in [0.15, 0.2) is 60.9 Å². The molecule has 2 aromatic heterocycles. The molecule has 9 heteroatoms. The van der Waals surface area contributed by atoms with Crippen LogP contribution in [0, 0.1) is 24.4 Å². The molecule has 40 heavy (non-hydrogen) atoms. The molecule has 0 saturated heterocycles. The van der Waals surface area contributed by atoms with Gasteiger partial charge in [0.05, 0.1) is 17.0 Å². The number of nitrogens with two attached hydrogens (primary N) is 1. The van der Waals surface area contributed by atoms with Crippen molar-refractivity contribution in [2.75, 3.05) is 0 Å². The van der Waals surface area contributed by atoms with Gasteiger partial charge in [-0.1, -0.05) is 25.0 Å². The summed E-state index contributed by atoms with van der Waals surface area (Å²) in [5, 5.41) is 0. The second-order valence-electron chi connectivity index (χ2n) is 10.4. The van der Waals surface area contributed by atoms with Gasteiger partial charge in [0.25, 0.3) is 5.91 Å². The highest BCUT2D eigenvalue weighted by Crippen LogP contribution is 2.36. The maximum absolute atomic E-state index is 14.2. The lowest BCUT2D eigenvalue weighted by Crippen LogP contribution is -2.20. The Hall–Kier alpha value is -4.27. The highest BCUT2D eigenvalue weighted by molar-refractivity contribution is 5.94. The fourth-order valence-corrected chi connectivity index (χ4v) is 5.64. The number of aryl methyl sites for hydroxylation is 1. The normalized spacial score (nSPS) is 14.4. The maximum atomic E-state index is 14.2. The second-order valence-corrected chi connectivity index (χ2v) is 10.4. The first kappa shape index (κ1) is 27.3. The van der Waals surface area contributed by atoms with Crippen molar-refractivity contribution in [2.45, 2.75) is 57.3 Å². The van der Waals surface area contributed by atoms with Crippen molar-refractivity contribution in [3.8, 4) is 11.1 Å². The summed E-state index contributed by atoms with van der Waals surface area (Å²) in [6, 6.07) is 10.7. The average molecular weight is 547 g/mol. The number of hydrogen-bond donors (Lipinski definition) is 1. The van der Waals surface area contributed by atoms with Crippen molar-refractivity contribution in [1.82, 2.24) is 14.5 Å². The van der Waals surface area contributed by atoms with E-state index in [9.17, 15) is 22.8 Å². The minimum absolute atomic E-state index is 0.0263. The number of hydrogen-bond acceptors (Lipinski definition) is 4. The molecule has 0 radical (unpaired) electrons. The molecule has 0 unspecified atom stereocenters. The van der Waals surface area contributed by atoms with E-state index in [1.165, 1.54) is 24.3 Å². The minimum Gasteiger partial charge on any atom is -0.366 e. The first-order valence-corrected chi connectivity index (χ1v) is 13.3. The van der Waals surface area contributed by atoms with Gasteiger partial charge >= 0.3 is 0 Å². The monoisotopic (exact) mass is 546 g/mol. The third-order valence-electron chi connectivity index (χ3n) is 7.44. The van der Waals surface area contributed by atoms with Gasteiger partial charge in [0.1, 0.15) is 23.3 Å². The zero-order valence-electron chi connectivity index (χ0n) is 22.0. The number of aromatic nitrogens is 3. The molecule has 2 N–H and O–H groups in total. The average Bonchev–Trinajstić information content (AvgIpc) is 3.58. The SMILES string of the molecule is Cc1cn(C(=O)C[C@@H](Cc2cc(F)cc(F)c2)c2ncccc2-c2ccc(F)c(C(N)=O)c2)c(C2CCCC2)n1. The largest absolute Gasteiger partial charge is 0.366 e. The predicted octanol–water partition coefficient (Wildman–Crippen LogP) is 6.48. The van der Waals surface area contributed by atoms with Crippen LogP contribution >= 0.6 is 0 Å². The van der Waals surface area contributed by atoms with E-state index in [0.717, 1.165) is 49.3 Å². The van der Waals surface area contributed by atoms with Gasteiger partial charge in [0.15, 0.2) is 0 Å². The van der Waals surface area contributed by atoms with E-state index in [2.05, 4.69) is 9.97 Å². The third-order valence-corrected chi connectivity index (χ3v) is 7.44. The molecular formula is C31H29F3N4O2. The Morgan fingerprint density at radius 1 is 1.05 bits per heavy atom. The molecule has 5 rings (SSSR count). The first-order chi connectivity index (χ1) is 19.2. The summed E-state index contributed by atoms with van der Waals surface area (Å²) in [4.78, 5) is 34.9. The number of pyridine rings is 1. The number of imidazole rings is 1. The Bertz CT molecular complexity index is 1560. The number of carbonyl (C=O) groups is 2. The van der Waals surface area contributed by atoms with Crippen LogP contribution in [0.3, 0.4) is 0 Å². The van der Waals surface area contributed by atoms with Gasteiger partial charge in [-0.25, -0.2) is 18.2 Å². The number of halogens is 3. The molecule has 0 spiro atoms. The summed E-state index contributed by atoms with van der Waals surface area (Å²) in [5.41, 5.74) is 7.70. The predicted molar refractivity (Wildman–Crippen MR) is 144 cm³/mol. The van der Waals surface area contributed by atoms with E-state index < -0.39 is 29.3 Å². The Morgan fingerprint density at radius 3 is 2.48 bits per heavy atom. The Labute approximate surface area is 230 Å². The van der Waals surface area contributed by atoms with E-state index in [1.54, 1.807) is 29.1 Å². The molecular weight excluding hydrogens is 517 g/mol. The van der Waals surface area contributed by atoms with E-state index in [-0.39, 0.29) is 30.2 Å². The first-order valence-electron chi connectivity index (χ1n) is 13.3. The fourth-order valence-electron chi connectivity index (χ4n) is 5.64. The molecule has 1 aliphatic carbocycles. The van der Waals surface area contributed by atoms with E-state index >= 15 is 0 Å². The summed E-state index contributed by atoms with van der Waals surface area (Å²) >= 11 is 0. The zero-order chi connectivity index (χ0) is 28.4. The van der Waals surface area contributed by atoms with Crippen LogP contribution < -0.4 is 5.73 Å². The molecule has 2 aromatic carbocycles. The van der Waals surface area contributed by atoms with Crippen molar-refractivity contribution in [3.05, 3.63) is 107 Å². The van der Waals surface area contributed by atoms with E-state index in [1.807, 2.05) is 6.92 Å². The van der Waals surface area contributed by atoms with Crippen molar-refractivity contribution < 1.29 is 22.8 Å². The van der Waals surface area contributed by atoms with Gasteiger partial charge in [-0.15, -0.1) is 0 Å². The molecule has 0 aliphatic heterocycles. The Balaban J connectivity index is 1.57. The molecule has 0 bridgehead atoms. The number of rotatable bonds is 8. The maximum Gasteiger partial charge on any atom is 0.251 e.